The van der Waals surface area contributed by atoms with Crippen molar-refractivity contribution >= 4 is 17.5 Å². The molecule has 0 aromatic carbocycles. The maximum atomic E-state index is 10.1. The first kappa shape index (κ1) is 12.2. The van der Waals surface area contributed by atoms with E-state index in [-0.39, 0.29) is 21.1 Å². The van der Waals surface area contributed by atoms with Gasteiger partial charge in [-0.2, -0.15) is 0 Å². The Morgan fingerprint density at radius 1 is 1.30 bits per heavy atom. The van der Waals surface area contributed by atoms with E-state index in [9.17, 15) is 14.4 Å². The van der Waals surface area contributed by atoms with Crippen LogP contribution in [-0.4, -0.2) is 22.6 Å². The third-order valence-electron chi connectivity index (χ3n) is 0.648. The summed E-state index contributed by atoms with van der Waals surface area (Å²) in [6.45, 7) is 1.17. The van der Waals surface area contributed by atoms with E-state index in [1.807, 2.05) is 0 Å². The van der Waals surface area contributed by atoms with Gasteiger partial charge in [0.1, 0.15) is 5.78 Å². The van der Waals surface area contributed by atoms with Gasteiger partial charge in [-0.15, -0.1) is 0 Å². The molecular formula is C5H6MoO4. The van der Waals surface area contributed by atoms with Crippen LogP contribution in [-0.2, 0) is 35.4 Å². The van der Waals surface area contributed by atoms with E-state index < -0.39 is 24.0 Å². The Balaban J connectivity index is 0. The number of carboxylic acids is 1. The van der Waals surface area contributed by atoms with Gasteiger partial charge in [-0.1, -0.05) is 0 Å². The van der Waals surface area contributed by atoms with E-state index in [4.69, 9.17) is 5.11 Å². The molecule has 10 heavy (non-hydrogen) atoms. The second-order valence-electron chi connectivity index (χ2n) is 1.61. The standard InChI is InChI=1S/C5H6O4.Mo/c1-3(6)2-4(7)5(8)9;/h2H2,1H3,(H,8,9);. The van der Waals surface area contributed by atoms with E-state index >= 15 is 0 Å². The molecule has 0 aliphatic rings. The van der Waals surface area contributed by atoms with Crippen LogP contribution in [0.3, 0.4) is 0 Å². The third kappa shape index (κ3) is 5.63. The van der Waals surface area contributed by atoms with Crippen molar-refractivity contribution in [2.24, 2.45) is 0 Å². The van der Waals surface area contributed by atoms with Crippen LogP contribution in [0.15, 0.2) is 0 Å². The van der Waals surface area contributed by atoms with Crippen LogP contribution in [0.4, 0.5) is 0 Å². The summed E-state index contributed by atoms with van der Waals surface area (Å²) in [5, 5.41) is 7.93. The molecule has 0 aliphatic carbocycles. The third-order valence-corrected chi connectivity index (χ3v) is 0.648. The first-order valence-corrected chi connectivity index (χ1v) is 2.29. The quantitative estimate of drug-likeness (QED) is 0.404. The number of hydrogen-bond donors (Lipinski definition) is 1. The van der Waals surface area contributed by atoms with Gasteiger partial charge in [-0.3, -0.25) is 9.59 Å². The monoisotopic (exact) mass is 228 g/mol. The van der Waals surface area contributed by atoms with Crippen LogP contribution < -0.4 is 0 Å². The summed E-state index contributed by atoms with van der Waals surface area (Å²) in [5.74, 6) is -3.03. The zero-order valence-electron chi connectivity index (χ0n) is 5.29. The smallest absolute Gasteiger partial charge is 0.372 e. The second kappa shape index (κ2) is 5.30. The van der Waals surface area contributed by atoms with Crippen molar-refractivity contribution in [2.45, 2.75) is 13.3 Å². The predicted molar refractivity (Wildman–Crippen MR) is 27.9 cm³/mol. The van der Waals surface area contributed by atoms with Crippen molar-refractivity contribution in [1.29, 1.82) is 0 Å². The molecule has 0 amide bonds. The topological polar surface area (TPSA) is 71.4 Å². The maximum Gasteiger partial charge on any atom is 0.372 e. The molecule has 0 bridgehead atoms. The number of carboxylic acid groups (broad SMARTS) is 1. The van der Waals surface area contributed by atoms with Crippen LogP contribution in [0.25, 0.3) is 0 Å². The van der Waals surface area contributed by atoms with Gasteiger partial charge in [-0.05, 0) is 6.92 Å². The Morgan fingerprint density at radius 2 is 1.70 bits per heavy atom. The van der Waals surface area contributed by atoms with Crippen LogP contribution >= 0.6 is 0 Å². The molecule has 0 atom stereocenters. The average Bonchev–Trinajstić information content (AvgIpc) is 1.63. The normalized spacial score (nSPS) is 7.70. The number of carbonyl (C=O) groups is 3. The summed E-state index contributed by atoms with van der Waals surface area (Å²) >= 11 is 0. The fourth-order valence-electron chi connectivity index (χ4n) is 0.302. The predicted octanol–water partition coefficient (Wildman–Crippen LogP) is -0.383. The van der Waals surface area contributed by atoms with Crippen molar-refractivity contribution in [3.05, 3.63) is 0 Å². The number of ketones is 2. The molecule has 4 nitrogen and oxygen atoms in total. The number of aliphatic carboxylic acids is 1. The fourth-order valence-corrected chi connectivity index (χ4v) is 0.302. The van der Waals surface area contributed by atoms with Crippen molar-refractivity contribution < 1.29 is 40.6 Å². The van der Waals surface area contributed by atoms with E-state index in [1.54, 1.807) is 0 Å². The summed E-state index contributed by atoms with van der Waals surface area (Å²) in [6.07, 6.45) is -0.505. The van der Waals surface area contributed by atoms with Gasteiger partial charge in [0.05, 0.1) is 6.42 Å². The van der Waals surface area contributed by atoms with E-state index in [0.29, 0.717) is 0 Å². The number of Topliss-reactive ketones (excluding diaryl/α,β-unsaturated/α-hetero) is 2. The minimum absolute atomic E-state index is 0. The van der Waals surface area contributed by atoms with Crippen molar-refractivity contribution in [1.82, 2.24) is 0 Å². The minimum atomic E-state index is -1.55. The van der Waals surface area contributed by atoms with Gasteiger partial charge >= 0.3 is 5.97 Å². The van der Waals surface area contributed by atoms with Gasteiger partial charge < -0.3 is 5.11 Å². The van der Waals surface area contributed by atoms with Crippen LogP contribution in [0, 0.1) is 0 Å². The molecule has 0 fully saturated rings. The minimum Gasteiger partial charge on any atom is -0.475 e. The first-order valence-electron chi connectivity index (χ1n) is 2.29. The summed E-state index contributed by atoms with van der Waals surface area (Å²) in [6, 6.07) is 0. The molecule has 0 heterocycles. The Bertz CT molecular complexity index is 163. The number of hydrogen-bond acceptors (Lipinski definition) is 3. The van der Waals surface area contributed by atoms with Crippen LogP contribution in [0.1, 0.15) is 13.3 Å². The molecule has 0 aromatic rings. The Kier molecular flexibility index (Phi) is 6.46. The molecule has 0 radical (unpaired) electrons. The molecule has 0 rings (SSSR count). The SMILES string of the molecule is CC(=O)CC(=O)C(=O)O.[Mo]. The molecule has 0 aliphatic heterocycles. The molecule has 5 heteroatoms. The van der Waals surface area contributed by atoms with Crippen molar-refractivity contribution in [3.63, 3.8) is 0 Å². The zero-order chi connectivity index (χ0) is 7.44. The van der Waals surface area contributed by atoms with Crippen LogP contribution in [0.5, 0.6) is 0 Å². The average molecular weight is 226 g/mol. The first-order chi connectivity index (χ1) is 4.04. The summed E-state index contributed by atoms with van der Waals surface area (Å²) in [4.78, 5) is 29.9. The Labute approximate surface area is 71.9 Å². The van der Waals surface area contributed by atoms with Gasteiger partial charge in [-0.25, -0.2) is 4.79 Å². The second-order valence-corrected chi connectivity index (χ2v) is 1.61. The van der Waals surface area contributed by atoms with Gasteiger partial charge in [0.15, 0.2) is 0 Å². The Morgan fingerprint density at radius 3 is 1.80 bits per heavy atom. The van der Waals surface area contributed by atoms with Gasteiger partial charge in [0.2, 0.25) is 5.78 Å². The molecule has 56 valence electrons. The molecule has 0 saturated carbocycles. The summed E-state index contributed by atoms with van der Waals surface area (Å²) in [5.41, 5.74) is 0. The van der Waals surface area contributed by atoms with Crippen LogP contribution in [0.2, 0.25) is 0 Å². The molecule has 1 N–H and O–H groups in total. The molecule has 0 spiro atoms. The molecule has 0 unspecified atom stereocenters. The van der Waals surface area contributed by atoms with Gasteiger partial charge in [0, 0.05) is 21.1 Å². The van der Waals surface area contributed by atoms with E-state index in [0.717, 1.165) is 0 Å². The Hall–Kier alpha value is -0.502. The molecular weight excluding hydrogens is 220 g/mol. The summed E-state index contributed by atoms with van der Waals surface area (Å²) in [7, 11) is 0. The van der Waals surface area contributed by atoms with E-state index in [1.165, 1.54) is 6.92 Å². The fraction of sp³-hybridized carbons (Fsp3) is 0.400. The zero-order valence-corrected chi connectivity index (χ0v) is 7.29. The molecule has 0 saturated heterocycles. The van der Waals surface area contributed by atoms with Crippen molar-refractivity contribution in [3.8, 4) is 0 Å². The number of rotatable bonds is 3. The van der Waals surface area contributed by atoms with Gasteiger partial charge in [0.25, 0.3) is 0 Å². The summed E-state index contributed by atoms with van der Waals surface area (Å²) < 4.78 is 0. The number of carbonyl (C=O) groups excluding carboxylic acids is 2. The maximum absolute atomic E-state index is 10.1. The molecule has 0 aromatic heterocycles. The van der Waals surface area contributed by atoms with Crippen molar-refractivity contribution in [2.75, 3.05) is 0 Å². The largest absolute Gasteiger partial charge is 0.475 e. The van der Waals surface area contributed by atoms with E-state index in [2.05, 4.69) is 0 Å².